The number of sulfonamides is 1. The molecule has 0 aromatic heterocycles. The summed E-state index contributed by atoms with van der Waals surface area (Å²) in [6.45, 7) is 3.37. The van der Waals surface area contributed by atoms with Crippen LogP contribution in [0.25, 0.3) is 4.98 Å². The summed E-state index contributed by atoms with van der Waals surface area (Å²) in [6.07, 6.45) is 0. The predicted octanol–water partition coefficient (Wildman–Crippen LogP) is 5.64. The Bertz CT molecular complexity index is 1380. The van der Waals surface area contributed by atoms with Crippen LogP contribution in [-0.2, 0) is 19.6 Å². The van der Waals surface area contributed by atoms with Gasteiger partial charge in [-0.25, -0.2) is 17.9 Å². The summed E-state index contributed by atoms with van der Waals surface area (Å²) >= 11 is 6.06. The zero-order valence-corrected chi connectivity index (χ0v) is 21.2. The summed E-state index contributed by atoms with van der Waals surface area (Å²) in [5.41, 5.74) is 1.04. The molecule has 0 heterocycles. The van der Waals surface area contributed by atoms with E-state index >= 15 is 0 Å². The highest BCUT2D eigenvalue weighted by molar-refractivity contribution is 7.89. The molecule has 0 amide bonds. The van der Waals surface area contributed by atoms with E-state index in [1.54, 1.807) is 73.7 Å². The molecule has 2 unspecified atom stereocenters. The molecule has 10 heteroatoms. The lowest BCUT2D eigenvalue weighted by atomic mass is 9.85. The molecule has 2 atom stereocenters. The Morgan fingerprint density at radius 2 is 1.64 bits per heavy atom. The number of aliphatic hydroxyl groups is 1. The highest BCUT2D eigenvalue weighted by Crippen LogP contribution is 2.39. The maximum atomic E-state index is 13.4. The largest absolute Gasteiger partial charge is 0.505 e. The highest BCUT2D eigenvalue weighted by Gasteiger charge is 2.41. The van der Waals surface area contributed by atoms with Gasteiger partial charge in [-0.2, -0.15) is 0 Å². The second kappa shape index (κ2) is 11.8. The van der Waals surface area contributed by atoms with Crippen molar-refractivity contribution >= 4 is 27.6 Å². The molecule has 0 aliphatic rings. The maximum absolute atomic E-state index is 13.4. The number of ether oxygens (including phenoxy) is 1. The van der Waals surface area contributed by atoms with Crippen LogP contribution in [0.4, 0.5) is 0 Å². The average molecular weight is 527 g/mol. The number of carbonyl (C=O) groups is 1. The van der Waals surface area contributed by atoms with E-state index in [0.29, 0.717) is 16.1 Å². The molecule has 3 rings (SSSR count). The Balaban J connectivity index is 2.25. The summed E-state index contributed by atoms with van der Waals surface area (Å²) in [4.78, 5) is 15.4. The molecule has 3 aromatic rings. The first-order valence-electron chi connectivity index (χ1n) is 11.0. The van der Waals surface area contributed by atoms with E-state index in [-0.39, 0.29) is 11.5 Å². The summed E-state index contributed by atoms with van der Waals surface area (Å²) in [6, 6.07) is 20.0. The molecule has 0 saturated carbocycles. The quantitative estimate of drug-likeness (QED) is 0.161. The zero-order chi connectivity index (χ0) is 26.3. The van der Waals surface area contributed by atoms with E-state index < -0.39 is 39.4 Å². The van der Waals surface area contributed by atoms with Crippen molar-refractivity contribution < 1.29 is 23.1 Å². The SMILES string of the molecule is CCOC(=O)/C([N+]#N)=C(\O)C(c1ccccc1)C(NS(=O)(=O)c1ccc(C)cc1)c1ccc(Cl)cc1. The van der Waals surface area contributed by atoms with Gasteiger partial charge in [-0.1, -0.05) is 71.8 Å². The van der Waals surface area contributed by atoms with E-state index in [1.165, 1.54) is 12.1 Å². The summed E-state index contributed by atoms with van der Waals surface area (Å²) in [5, 5.41) is 21.3. The molecule has 0 bridgehead atoms. The molecule has 2 N–H and O–H groups in total. The van der Waals surface area contributed by atoms with Crippen molar-refractivity contribution in [1.82, 2.24) is 4.72 Å². The van der Waals surface area contributed by atoms with Crippen molar-refractivity contribution in [3.8, 4) is 0 Å². The van der Waals surface area contributed by atoms with Crippen LogP contribution >= 0.6 is 11.6 Å². The summed E-state index contributed by atoms with van der Waals surface area (Å²) in [5.74, 6) is -2.91. The van der Waals surface area contributed by atoms with Gasteiger partial charge in [-0.05, 0) is 49.2 Å². The van der Waals surface area contributed by atoms with Gasteiger partial charge < -0.3 is 9.84 Å². The van der Waals surface area contributed by atoms with Gasteiger partial charge >= 0.3 is 11.7 Å². The molecule has 3 aromatic carbocycles. The number of aliphatic hydroxyl groups excluding tert-OH is 1. The number of nitrogens with one attached hydrogen (secondary N) is 1. The summed E-state index contributed by atoms with van der Waals surface area (Å²) in [7, 11) is -4.11. The number of aryl methyl sites for hydroxylation is 1. The van der Waals surface area contributed by atoms with E-state index in [2.05, 4.69) is 9.70 Å². The van der Waals surface area contributed by atoms with Crippen LogP contribution in [-0.4, -0.2) is 26.1 Å². The number of esters is 1. The van der Waals surface area contributed by atoms with Crippen molar-refractivity contribution in [3.63, 3.8) is 0 Å². The van der Waals surface area contributed by atoms with Crippen LogP contribution in [0.15, 0.2) is 95.2 Å². The van der Waals surface area contributed by atoms with Gasteiger partial charge in [0.2, 0.25) is 21.2 Å². The number of carbonyl (C=O) groups excluding carboxylic acids is 1. The lowest BCUT2D eigenvalue weighted by Gasteiger charge is -2.27. The third kappa shape index (κ3) is 6.29. The van der Waals surface area contributed by atoms with E-state index in [1.807, 2.05) is 6.92 Å². The van der Waals surface area contributed by atoms with Crippen molar-refractivity contribution in [3.05, 3.63) is 117 Å². The number of nitrogens with zero attached hydrogens (tertiary/aromatic N) is 2. The van der Waals surface area contributed by atoms with Crippen LogP contribution < -0.4 is 4.72 Å². The topological polar surface area (TPSA) is 121 Å². The predicted molar refractivity (Wildman–Crippen MR) is 136 cm³/mol. The Labute approximate surface area is 214 Å². The number of benzene rings is 3. The normalized spacial score (nSPS) is 13.7. The molecule has 0 radical (unpaired) electrons. The number of halogens is 1. The van der Waals surface area contributed by atoms with Gasteiger partial charge in [-0.3, -0.25) is 0 Å². The molecule has 36 heavy (non-hydrogen) atoms. The fraction of sp³-hybridized carbons (Fsp3) is 0.192. The van der Waals surface area contributed by atoms with Gasteiger partial charge in [0.25, 0.3) is 0 Å². The molecule has 0 aliphatic carbocycles. The Kier molecular flexibility index (Phi) is 8.83. The van der Waals surface area contributed by atoms with Crippen LogP contribution in [0.5, 0.6) is 0 Å². The number of hydrogen-bond acceptors (Lipinski definition) is 6. The number of rotatable bonds is 9. The van der Waals surface area contributed by atoms with E-state index in [0.717, 1.165) is 5.56 Å². The fourth-order valence-corrected chi connectivity index (χ4v) is 5.03. The first-order chi connectivity index (χ1) is 17.2. The first-order valence-corrected chi connectivity index (χ1v) is 12.9. The molecule has 0 fully saturated rings. The van der Waals surface area contributed by atoms with Gasteiger partial charge in [0.1, 0.15) is 0 Å². The smallest absolute Gasteiger partial charge is 0.504 e. The lowest BCUT2D eigenvalue weighted by molar-refractivity contribution is -0.138. The molecular weight excluding hydrogens is 502 g/mol. The van der Waals surface area contributed by atoms with Gasteiger partial charge in [0.15, 0.2) is 4.98 Å². The minimum Gasteiger partial charge on any atom is -0.504 e. The van der Waals surface area contributed by atoms with Crippen molar-refractivity contribution in [2.24, 2.45) is 0 Å². The van der Waals surface area contributed by atoms with Crippen molar-refractivity contribution in [2.45, 2.75) is 30.7 Å². The summed E-state index contributed by atoms with van der Waals surface area (Å²) < 4.78 is 34.4. The second-order valence-corrected chi connectivity index (χ2v) is 10.1. The Morgan fingerprint density at radius 1 is 1.03 bits per heavy atom. The molecule has 0 aliphatic heterocycles. The van der Waals surface area contributed by atoms with Crippen LogP contribution in [0, 0.1) is 12.3 Å². The number of hydrogen-bond donors (Lipinski definition) is 2. The minimum atomic E-state index is -4.11. The van der Waals surface area contributed by atoms with Gasteiger partial charge in [-0.15, -0.1) is 0 Å². The van der Waals surface area contributed by atoms with Gasteiger partial charge in [0.05, 0.1) is 23.5 Å². The molecule has 8 nitrogen and oxygen atoms in total. The number of diazo groups is 1. The highest BCUT2D eigenvalue weighted by atomic mass is 35.5. The van der Waals surface area contributed by atoms with Crippen molar-refractivity contribution in [2.75, 3.05) is 6.61 Å². The molecular formula is C26H25ClN3O5S+. The molecule has 0 spiro atoms. The molecule has 0 saturated heterocycles. The third-order valence-corrected chi connectivity index (χ3v) is 7.15. The van der Waals surface area contributed by atoms with Crippen LogP contribution in [0.1, 0.15) is 35.6 Å². The Hall–Kier alpha value is -3.71. The fourth-order valence-electron chi connectivity index (χ4n) is 3.66. The third-order valence-electron chi connectivity index (χ3n) is 5.44. The standard InChI is InChI=1S/C26H24ClN3O5S/c1-3-35-26(32)24(29-28)25(31)22(18-7-5-4-6-8-18)23(19-11-13-20(27)14-12-19)30-36(33,34)21-15-9-17(2)10-16-21/h4-16,22-23,30H,3H2,1-2H3/p+1. The lowest BCUT2D eigenvalue weighted by Crippen LogP contribution is -2.34. The molecule has 186 valence electrons. The van der Waals surface area contributed by atoms with Crippen LogP contribution in [0.3, 0.4) is 0 Å². The zero-order valence-electron chi connectivity index (χ0n) is 19.6. The maximum Gasteiger partial charge on any atom is 0.505 e. The Morgan fingerprint density at radius 3 is 2.19 bits per heavy atom. The van der Waals surface area contributed by atoms with E-state index in [4.69, 9.17) is 16.3 Å². The van der Waals surface area contributed by atoms with Crippen LogP contribution in [0.2, 0.25) is 5.02 Å². The monoisotopic (exact) mass is 526 g/mol. The first kappa shape index (κ1) is 26.9. The second-order valence-electron chi connectivity index (χ2n) is 7.91. The minimum absolute atomic E-state index is 0.0137. The average Bonchev–Trinajstić information content (AvgIpc) is 2.85. The van der Waals surface area contributed by atoms with Gasteiger partial charge in [0, 0.05) is 5.02 Å². The van der Waals surface area contributed by atoms with E-state index in [9.17, 15) is 23.7 Å². The van der Waals surface area contributed by atoms with Crippen molar-refractivity contribution in [1.29, 1.82) is 5.39 Å².